The smallest absolute Gasteiger partial charge is 0.0296 e. The zero-order chi connectivity index (χ0) is 7.40. The monoisotopic (exact) mass is 152 g/mol. The molecule has 0 amide bonds. The summed E-state index contributed by atoms with van der Waals surface area (Å²) in [5.41, 5.74) is 1.97. The molecule has 0 saturated carbocycles. The average molecular weight is 152 g/mol. The Bertz CT molecular complexity index is 250. The molecule has 0 radical (unpaired) electrons. The fraction of sp³-hybridized carbons (Fsp3) is 0.143. The summed E-state index contributed by atoms with van der Waals surface area (Å²) in [5.74, 6) is 0. The summed E-state index contributed by atoms with van der Waals surface area (Å²) in [4.78, 5) is 3.87. The van der Waals surface area contributed by atoms with Crippen LogP contribution < -0.4 is 0 Å². The largest absolute Gasteiger partial charge is 0.308 e. The molecule has 0 unspecified atom stereocenters. The third-order valence-electron chi connectivity index (χ3n) is 1.15. The van der Waals surface area contributed by atoms with Crippen molar-refractivity contribution in [3.05, 3.63) is 21.9 Å². The highest BCUT2D eigenvalue weighted by Gasteiger charge is 1.95. The van der Waals surface area contributed by atoms with Gasteiger partial charge in [-0.25, -0.2) is 0 Å². The Balaban J connectivity index is 3.00. The second kappa shape index (κ2) is 3.27. The molecule has 1 rings (SSSR count). The van der Waals surface area contributed by atoms with Crippen LogP contribution in [0.3, 0.4) is 0 Å². The van der Waals surface area contributed by atoms with E-state index in [0.29, 0.717) is 0 Å². The second-order valence-corrected chi connectivity index (χ2v) is 2.56. The van der Waals surface area contributed by atoms with Gasteiger partial charge in [0.1, 0.15) is 0 Å². The van der Waals surface area contributed by atoms with E-state index in [2.05, 4.69) is 4.99 Å². The van der Waals surface area contributed by atoms with Crippen LogP contribution in [0.15, 0.2) is 15.8 Å². The highest BCUT2D eigenvalue weighted by Crippen LogP contribution is 2.09. The molecule has 2 nitrogen and oxygen atoms in total. The van der Waals surface area contributed by atoms with E-state index in [9.17, 15) is 0 Å². The van der Waals surface area contributed by atoms with Gasteiger partial charge in [-0.3, -0.25) is 4.99 Å². The molecule has 1 aromatic heterocycles. The molecule has 0 aliphatic rings. The first-order chi connectivity index (χ1) is 4.88. The van der Waals surface area contributed by atoms with Crippen LogP contribution in [0.25, 0.3) is 0 Å². The lowest BCUT2D eigenvalue weighted by Gasteiger charge is -1.85. The van der Waals surface area contributed by atoms with E-state index in [0.717, 1.165) is 11.1 Å². The van der Waals surface area contributed by atoms with Crippen molar-refractivity contribution in [1.29, 1.82) is 5.41 Å². The predicted molar refractivity (Wildman–Crippen MR) is 45.7 cm³/mol. The molecule has 1 heterocycles. The summed E-state index contributed by atoms with van der Waals surface area (Å²) in [6.45, 7) is 0. The fourth-order valence-corrected chi connectivity index (χ4v) is 1.44. The number of nitrogens with zero attached hydrogens (tertiary/aromatic N) is 1. The minimum absolute atomic E-state index is 0.940. The second-order valence-electron chi connectivity index (χ2n) is 1.81. The third-order valence-corrected chi connectivity index (χ3v) is 1.93. The Morgan fingerprint density at radius 3 is 2.80 bits per heavy atom. The van der Waals surface area contributed by atoms with Gasteiger partial charge < -0.3 is 5.41 Å². The van der Waals surface area contributed by atoms with Crippen molar-refractivity contribution in [2.75, 3.05) is 7.05 Å². The van der Waals surface area contributed by atoms with Gasteiger partial charge in [0, 0.05) is 41.4 Å². The van der Waals surface area contributed by atoms with Gasteiger partial charge >= 0.3 is 0 Å². The van der Waals surface area contributed by atoms with Gasteiger partial charge in [0.25, 0.3) is 0 Å². The summed E-state index contributed by atoms with van der Waals surface area (Å²) >= 11 is 1.59. The van der Waals surface area contributed by atoms with Crippen LogP contribution in [0, 0.1) is 5.41 Å². The van der Waals surface area contributed by atoms with E-state index in [4.69, 9.17) is 5.41 Å². The van der Waals surface area contributed by atoms with Crippen molar-refractivity contribution in [2.45, 2.75) is 0 Å². The topological polar surface area (TPSA) is 36.2 Å². The van der Waals surface area contributed by atoms with Crippen molar-refractivity contribution in [3.8, 4) is 0 Å². The van der Waals surface area contributed by atoms with Crippen molar-refractivity contribution >= 4 is 23.8 Å². The molecule has 0 aromatic carbocycles. The fourth-order valence-electron chi connectivity index (χ4n) is 0.678. The maximum atomic E-state index is 7.00. The van der Waals surface area contributed by atoms with Crippen molar-refractivity contribution < 1.29 is 0 Å². The molecule has 0 bridgehead atoms. The molecule has 0 fully saturated rings. The van der Waals surface area contributed by atoms with Crippen LogP contribution in [0.5, 0.6) is 0 Å². The molecule has 0 saturated heterocycles. The number of hydrogen-bond donors (Lipinski definition) is 1. The van der Waals surface area contributed by atoms with Gasteiger partial charge in [-0.1, -0.05) is 0 Å². The minimum atomic E-state index is 0.940. The van der Waals surface area contributed by atoms with E-state index < -0.39 is 0 Å². The number of rotatable bonds is 2. The Labute approximate surface area is 63.7 Å². The third kappa shape index (κ3) is 1.30. The van der Waals surface area contributed by atoms with E-state index in [-0.39, 0.29) is 0 Å². The zero-order valence-electron chi connectivity index (χ0n) is 5.66. The normalized spacial score (nSPS) is 10.5. The number of aliphatic imine (C=N–C) groups is 1. The molecule has 10 heavy (non-hydrogen) atoms. The Morgan fingerprint density at radius 1 is 1.50 bits per heavy atom. The first kappa shape index (κ1) is 7.15. The predicted octanol–water partition coefficient (Wildman–Crippen LogP) is 1.79. The lowest BCUT2D eigenvalue weighted by Crippen LogP contribution is -1.83. The SMILES string of the molecule is C/N=C\c1cscc1C=N. The van der Waals surface area contributed by atoms with Crippen molar-refractivity contribution in [2.24, 2.45) is 4.99 Å². The maximum Gasteiger partial charge on any atom is 0.0296 e. The summed E-state index contributed by atoms with van der Waals surface area (Å²) in [7, 11) is 1.73. The minimum Gasteiger partial charge on any atom is -0.308 e. The molecular weight excluding hydrogens is 144 g/mol. The first-order valence-electron chi connectivity index (χ1n) is 2.87. The van der Waals surface area contributed by atoms with E-state index >= 15 is 0 Å². The van der Waals surface area contributed by atoms with Gasteiger partial charge in [-0.2, -0.15) is 11.3 Å². The summed E-state index contributed by atoms with van der Waals surface area (Å²) < 4.78 is 0. The molecule has 0 atom stereocenters. The van der Waals surface area contributed by atoms with E-state index in [1.807, 2.05) is 10.8 Å². The lowest BCUT2D eigenvalue weighted by atomic mass is 10.2. The van der Waals surface area contributed by atoms with Gasteiger partial charge in [0.15, 0.2) is 0 Å². The maximum absolute atomic E-state index is 7.00. The van der Waals surface area contributed by atoms with Crippen LogP contribution in [-0.2, 0) is 0 Å². The van der Waals surface area contributed by atoms with Gasteiger partial charge in [-0.15, -0.1) is 0 Å². The van der Waals surface area contributed by atoms with Gasteiger partial charge in [0.05, 0.1) is 0 Å². The van der Waals surface area contributed by atoms with Crippen LogP contribution in [-0.4, -0.2) is 19.5 Å². The first-order valence-corrected chi connectivity index (χ1v) is 3.81. The summed E-state index contributed by atoms with van der Waals surface area (Å²) in [5, 5.41) is 10.9. The molecule has 1 N–H and O–H groups in total. The number of hydrogen-bond acceptors (Lipinski definition) is 3. The molecule has 3 heteroatoms. The molecule has 1 aromatic rings. The summed E-state index contributed by atoms with van der Waals surface area (Å²) in [6.07, 6.45) is 3.10. The Kier molecular flexibility index (Phi) is 2.34. The average Bonchev–Trinajstić information content (AvgIpc) is 2.36. The van der Waals surface area contributed by atoms with Gasteiger partial charge in [0.2, 0.25) is 0 Å². The Hall–Kier alpha value is -0.960. The molecule has 52 valence electrons. The highest BCUT2D eigenvalue weighted by molar-refractivity contribution is 7.08. The number of thiophene rings is 1. The molecular formula is C7H8N2S. The number of nitrogens with one attached hydrogen (secondary N) is 1. The standard InChI is InChI=1S/C7H8N2S/c1-9-3-7-5-10-4-6(7)2-8/h2-5,8H,1H3/b8-2?,9-3-. The van der Waals surface area contributed by atoms with E-state index in [1.165, 1.54) is 6.21 Å². The quantitative estimate of drug-likeness (QED) is 0.627. The van der Waals surface area contributed by atoms with Crippen LogP contribution in [0.2, 0.25) is 0 Å². The van der Waals surface area contributed by atoms with Crippen LogP contribution in [0.4, 0.5) is 0 Å². The molecule has 0 aliphatic heterocycles. The summed E-state index contributed by atoms with van der Waals surface area (Å²) in [6, 6.07) is 0. The van der Waals surface area contributed by atoms with Gasteiger partial charge in [-0.05, 0) is 0 Å². The van der Waals surface area contributed by atoms with Crippen LogP contribution in [0.1, 0.15) is 11.1 Å². The van der Waals surface area contributed by atoms with E-state index in [1.54, 1.807) is 24.6 Å². The van der Waals surface area contributed by atoms with Crippen LogP contribution >= 0.6 is 11.3 Å². The van der Waals surface area contributed by atoms with Crippen molar-refractivity contribution in [3.63, 3.8) is 0 Å². The lowest BCUT2D eigenvalue weighted by molar-refractivity contribution is 1.46. The zero-order valence-corrected chi connectivity index (χ0v) is 6.48. The molecule has 0 aliphatic carbocycles. The van der Waals surface area contributed by atoms with Crippen molar-refractivity contribution in [1.82, 2.24) is 0 Å². The Morgan fingerprint density at radius 2 is 2.20 bits per heavy atom. The highest BCUT2D eigenvalue weighted by atomic mass is 32.1. The molecule has 0 spiro atoms.